The molecule has 0 spiro atoms. The zero-order chi connectivity index (χ0) is 22.6. The summed E-state index contributed by atoms with van der Waals surface area (Å²) < 4.78 is 1.58. The van der Waals surface area contributed by atoms with Crippen LogP contribution in [0.25, 0.3) is 21.3 Å². The maximum atomic E-state index is 13.1. The van der Waals surface area contributed by atoms with E-state index in [4.69, 9.17) is 5.10 Å². The highest BCUT2D eigenvalue weighted by atomic mass is 32.1. The Morgan fingerprint density at radius 3 is 2.42 bits per heavy atom. The standard InChI is InChI=1S/C26H26N4O2S/c31-25(27-17-19-7-2-1-3-8-19)20-12-14-29(15-13-20)18-30-26(32)22-10-5-4-9-21(22)24(28-30)23-11-6-16-33-23/h1-11,16,20H,12-15,17-18H2,(H,27,31). The van der Waals surface area contributed by atoms with E-state index in [1.165, 1.54) is 0 Å². The highest BCUT2D eigenvalue weighted by molar-refractivity contribution is 7.13. The molecule has 5 rings (SSSR count). The number of nitrogens with one attached hydrogen (secondary N) is 1. The summed E-state index contributed by atoms with van der Waals surface area (Å²) in [6, 6.07) is 21.7. The number of thiophene rings is 1. The molecule has 33 heavy (non-hydrogen) atoms. The van der Waals surface area contributed by atoms with E-state index >= 15 is 0 Å². The van der Waals surface area contributed by atoms with Crippen LogP contribution >= 0.6 is 11.3 Å². The van der Waals surface area contributed by atoms with Gasteiger partial charge in [0, 0.05) is 30.9 Å². The van der Waals surface area contributed by atoms with E-state index in [0.717, 1.165) is 47.5 Å². The average molecular weight is 459 g/mol. The smallest absolute Gasteiger partial charge is 0.275 e. The SMILES string of the molecule is O=C(NCc1ccccc1)C1CCN(Cn2nc(-c3cccs3)c3ccccc3c2=O)CC1. The normalized spacial score (nSPS) is 15.0. The van der Waals surface area contributed by atoms with Gasteiger partial charge in [-0.05, 0) is 35.9 Å². The highest BCUT2D eigenvalue weighted by Crippen LogP contribution is 2.28. The third-order valence-corrected chi connectivity index (χ3v) is 7.10. The van der Waals surface area contributed by atoms with Crippen LogP contribution in [0.1, 0.15) is 18.4 Å². The molecule has 2 aromatic heterocycles. The lowest BCUT2D eigenvalue weighted by Gasteiger charge is -2.31. The van der Waals surface area contributed by atoms with Crippen LogP contribution in [0.15, 0.2) is 76.9 Å². The van der Waals surface area contributed by atoms with Gasteiger partial charge in [0.1, 0.15) is 5.69 Å². The van der Waals surface area contributed by atoms with Crippen molar-refractivity contribution in [1.82, 2.24) is 20.0 Å². The summed E-state index contributed by atoms with van der Waals surface area (Å²) in [5.74, 6) is 0.118. The van der Waals surface area contributed by atoms with Crippen molar-refractivity contribution in [2.45, 2.75) is 26.1 Å². The number of benzene rings is 2. The first-order chi connectivity index (χ1) is 16.2. The molecule has 1 saturated heterocycles. The van der Waals surface area contributed by atoms with E-state index in [-0.39, 0.29) is 17.4 Å². The molecule has 0 unspecified atom stereocenters. The molecular formula is C26H26N4O2S. The average Bonchev–Trinajstić information content (AvgIpc) is 3.40. The van der Waals surface area contributed by atoms with Gasteiger partial charge in [0.25, 0.3) is 5.56 Å². The van der Waals surface area contributed by atoms with Crippen LogP contribution in [0.4, 0.5) is 0 Å². The molecule has 1 aliphatic heterocycles. The van der Waals surface area contributed by atoms with Crippen molar-refractivity contribution in [3.63, 3.8) is 0 Å². The van der Waals surface area contributed by atoms with Gasteiger partial charge in [0.2, 0.25) is 5.91 Å². The first-order valence-electron chi connectivity index (χ1n) is 11.3. The largest absolute Gasteiger partial charge is 0.352 e. The zero-order valence-corrected chi connectivity index (χ0v) is 19.1. The Bertz CT molecular complexity index is 1290. The summed E-state index contributed by atoms with van der Waals surface area (Å²) in [4.78, 5) is 29.0. The van der Waals surface area contributed by atoms with Crippen LogP contribution in [0.3, 0.4) is 0 Å². The summed E-state index contributed by atoms with van der Waals surface area (Å²) in [7, 11) is 0. The Balaban J connectivity index is 1.26. The molecule has 0 radical (unpaired) electrons. The minimum Gasteiger partial charge on any atom is -0.352 e. The molecule has 0 saturated carbocycles. The number of rotatable bonds is 6. The van der Waals surface area contributed by atoms with Gasteiger partial charge in [0.15, 0.2) is 0 Å². The fraction of sp³-hybridized carbons (Fsp3) is 0.269. The quantitative estimate of drug-likeness (QED) is 0.472. The first kappa shape index (κ1) is 21.6. The number of hydrogen-bond acceptors (Lipinski definition) is 5. The van der Waals surface area contributed by atoms with Crippen molar-refractivity contribution in [3.8, 4) is 10.6 Å². The monoisotopic (exact) mass is 458 g/mol. The van der Waals surface area contributed by atoms with Gasteiger partial charge in [-0.15, -0.1) is 11.3 Å². The molecule has 1 aliphatic rings. The summed E-state index contributed by atoms with van der Waals surface area (Å²) >= 11 is 1.62. The van der Waals surface area contributed by atoms with Gasteiger partial charge in [-0.2, -0.15) is 5.10 Å². The first-order valence-corrected chi connectivity index (χ1v) is 12.1. The lowest BCUT2D eigenvalue weighted by atomic mass is 9.96. The van der Waals surface area contributed by atoms with E-state index in [1.54, 1.807) is 16.0 Å². The molecule has 3 heterocycles. The van der Waals surface area contributed by atoms with Crippen molar-refractivity contribution < 1.29 is 4.79 Å². The minimum absolute atomic E-state index is 0.00734. The maximum absolute atomic E-state index is 13.1. The third kappa shape index (κ3) is 4.74. The van der Waals surface area contributed by atoms with Crippen LogP contribution in [0.5, 0.6) is 0 Å². The van der Waals surface area contributed by atoms with Crippen LogP contribution in [-0.2, 0) is 18.0 Å². The van der Waals surface area contributed by atoms with Crippen molar-refractivity contribution in [1.29, 1.82) is 0 Å². The predicted octanol–water partition coefficient (Wildman–Crippen LogP) is 4.11. The topological polar surface area (TPSA) is 67.2 Å². The third-order valence-electron chi connectivity index (χ3n) is 6.22. The number of carbonyl (C=O) groups is 1. The molecule has 168 valence electrons. The number of amides is 1. The van der Waals surface area contributed by atoms with Crippen LogP contribution in [0.2, 0.25) is 0 Å². The second kappa shape index (κ2) is 9.68. The summed E-state index contributed by atoms with van der Waals surface area (Å²) in [6.07, 6.45) is 1.56. The van der Waals surface area contributed by atoms with Gasteiger partial charge in [-0.3, -0.25) is 14.5 Å². The van der Waals surface area contributed by atoms with Crippen molar-refractivity contribution in [2.24, 2.45) is 5.92 Å². The Morgan fingerprint density at radius 2 is 1.70 bits per heavy atom. The molecule has 0 aliphatic carbocycles. The molecule has 6 nitrogen and oxygen atoms in total. The van der Waals surface area contributed by atoms with E-state index < -0.39 is 0 Å². The van der Waals surface area contributed by atoms with E-state index in [0.29, 0.717) is 18.6 Å². The number of piperidine rings is 1. The van der Waals surface area contributed by atoms with Crippen molar-refractivity contribution in [2.75, 3.05) is 13.1 Å². The number of fused-ring (bicyclic) bond motifs is 1. The van der Waals surface area contributed by atoms with Crippen LogP contribution in [-0.4, -0.2) is 33.7 Å². The van der Waals surface area contributed by atoms with Crippen LogP contribution < -0.4 is 10.9 Å². The predicted molar refractivity (Wildman–Crippen MR) is 132 cm³/mol. The molecule has 1 N–H and O–H groups in total. The van der Waals surface area contributed by atoms with E-state index in [9.17, 15) is 9.59 Å². The van der Waals surface area contributed by atoms with Crippen LogP contribution in [0, 0.1) is 5.92 Å². The number of carbonyl (C=O) groups excluding carboxylic acids is 1. The number of likely N-dealkylation sites (tertiary alicyclic amines) is 1. The highest BCUT2D eigenvalue weighted by Gasteiger charge is 2.25. The molecule has 0 atom stereocenters. The number of nitrogens with zero attached hydrogens (tertiary/aromatic N) is 3. The van der Waals surface area contributed by atoms with Crippen molar-refractivity contribution in [3.05, 3.63) is 88.0 Å². The number of hydrogen-bond donors (Lipinski definition) is 1. The van der Waals surface area contributed by atoms with E-state index in [1.807, 2.05) is 72.1 Å². The fourth-order valence-corrected chi connectivity index (χ4v) is 5.10. The van der Waals surface area contributed by atoms with Gasteiger partial charge in [-0.25, -0.2) is 4.68 Å². The lowest BCUT2D eigenvalue weighted by molar-refractivity contribution is -0.126. The number of aromatic nitrogens is 2. The maximum Gasteiger partial charge on any atom is 0.275 e. The molecule has 4 aromatic rings. The van der Waals surface area contributed by atoms with E-state index in [2.05, 4.69) is 10.2 Å². The Morgan fingerprint density at radius 1 is 0.970 bits per heavy atom. The zero-order valence-electron chi connectivity index (χ0n) is 18.3. The lowest BCUT2D eigenvalue weighted by Crippen LogP contribution is -2.42. The Labute approximate surface area is 196 Å². The molecule has 1 amide bonds. The molecule has 2 aromatic carbocycles. The van der Waals surface area contributed by atoms with Gasteiger partial charge < -0.3 is 5.32 Å². The fourth-order valence-electron chi connectivity index (χ4n) is 4.38. The molecular weight excluding hydrogens is 432 g/mol. The van der Waals surface area contributed by atoms with Gasteiger partial charge in [0.05, 0.1) is 16.9 Å². The van der Waals surface area contributed by atoms with Gasteiger partial charge in [-0.1, -0.05) is 54.6 Å². The Hall–Kier alpha value is -3.29. The van der Waals surface area contributed by atoms with Crippen molar-refractivity contribution >= 4 is 28.0 Å². The molecule has 7 heteroatoms. The summed E-state index contributed by atoms with van der Waals surface area (Å²) in [5, 5.41) is 11.4. The Kier molecular flexibility index (Phi) is 6.32. The second-order valence-electron chi connectivity index (χ2n) is 8.41. The molecule has 0 bridgehead atoms. The second-order valence-corrected chi connectivity index (χ2v) is 9.36. The minimum atomic E-state index is -0.0753. The van der Waals surface area contributed by atoms with Gasteiger partial charge >= 0.3 is 0 Å². The molecule has 1 fully saturated rings. The summed E-state index contributed by atoms with van der Waals surface area (Å²) in [6.45, 7) is 2.51. The summed E-state index contributed by atoms with van der Waals surface area (Å²) in [5.41, 5.74) is 1.87.